The second-order valence-electron chi connectivity index (χ2n) is 5.35. The fourth-order valence-corrected chi connectivity index (χ4v) is 2.03. The Hall–Kier alpha value is -1.10. The van der Waals surface area contributed by atoms with Gasteiger partial charge in [-0.25, -0.2) is 0 Å². The van der Waals surface area contributed by atoms with E-state index in [4.69, 9.17) is 10.5 Å². The number of methoxy groups -OCH3 is 1. The third kappa shape index (κ3) is 5.19. The fourth-order valence-electron chi connectivity index (χ4n) is 2.03. The zero-order chi connectivity index (χ0) is 14.4. The quantitative estimate of drug-likeness (QED) is 0.788. The van der Waals surface area contributed by atoms with E-state index in [1.165, 1.54) is 0 Å². The molecule has 0 saturated carbocycles. The molecule has 0 unspecified atom stereocenters. The summed E-state index contributed by atoms with van der Waals surface area (Å²) >= 11 is 0. The van der Waals surface area contributed by atoms with Gasteiger partial charge in [0.05, 0.1) is 25.4 Å². The third-order valence-corrected chi connectivity index (χ3v) is 3.13. The van der Waals surface area contributed by atoms with Crippen molar-refractivity contribution in [2.24, 2.45) is 5.92 Å². The maximum atomic E-state index is 9.93. The summed E-state index contributed by atoms with van der Waals surface area (Å²) in [6, 6.07) is 6.70. The first-order chi connectivity index (χ1) is 8.93. The molecule has 107 valence electrons. The normalized spacial score (nSPS) is 16.2. The number of hydrogen-bond acceptors (Lipinski definition) is 3. The Bertz CT molecular complexity index is 364. The molecule has 0 spiro atoms. The zero-order valence-corrected chi connectivity index (χ0v) is 11.8. The lowest BCUT2D eigenvalue weighted by molar-refractivity contribution is -0.00793. The molecule has 0 amide bonds. The van der Waals surface area contributed by atoms with Gasteiger partial charge in [0.25, 0.3) is 0 Å². The van der Waals surface area contributed by atoms with Crippen molar-refractivity contribution in [1.82, 2.24) is 5.73 Å². The van der Waals surface area contributed by atoms with E-state index in [-0.39, 0.29) is 0 Å². The summed E-state index contributed by atoms with van der Waals surface area (Å²) in [7, 11) is 1.61. The number of aliphatic hydroxyl groups is 2. The molecule has 0 aliphatic rings. The van der Waals surface area contributed by atoms with Crippen molar-refractivity contribution in [3.63, 3.8) is 0 Å². The summed E-state index contributed by atoms with van der Waals surface area (Å²) in [6.45, 7) is 3.97. The number of nitrogens with one attached hydrogen (secondary N) is 1. The largest absolute Gasteiger partial charge is 0.497 e. The Morgan fingerprint density at radius 1 is 1.16 bits per heavy atom. The molecule has 0 heterocycles. The van der Waals surface area contributed by atoms with Crippen LogP contribution >= 0.6 is 0 Å². The molecule has 1 rings (SSSR count). The second-order valence-corrected chi connectivity index (χ2v) is 5.35. The van der Waals surface area contributed by atoms with Gasteiger partial charge in [0.15, 0.2) is 0 Å². The molecule has 1 aromatic rings. The number of rotatable bonds is 7. The van der Waals surface area contributed by atoms with Crippen molar-refractivity contribution < 1.29 is 14.9 Å². The van der Waals surface area contributed by atoms with Crippen LogP contribution in [0.3, 0.4) is 0 Å². The van der Waals surface area contributed by atoms with Gasteiger partial charge in [0.2, 0.25) is 0 Å². The van der Waals surface area contributed by atoms with Crippen LogP contribution in [0.5, 0.6) is 5.75 Å². The van der Waals surface area contributed by atoms with Crippen molar-refractivity contribution in [2.45, 2.75) is 44.9 Å². The smallest absolute Gasteiger partial charge is 0.118 e. The van der Waals surface area contributed by atoms with Gasteiger partial charge in [0, 0.05) is 0 Å². The average Bonchev–Trinajstić information content (AvgIpc) is 2.37. The predicted molar refractivity (Wildman–Crippen MR) is 75.1 cm³/mol. The van der Waals surface area contributed by atoms with Crippen LogP contribution in [-0.2, 0) is 6.42 Å². The summed E-state index contributed by atoms with van der Waals surface area (Å²) in [5.41, 5.74) is 8.90. The molecule has 0 fully saturated rings. The van der Waals surface area contributed by atoms with Crippen LogP contribution in [-0.4, -0.2) is 35.6 Å². The van der Waals surface area contributed by atoms with Gasteiger partial charge >= 0.3 is 0 Å². The zero-order valence-electron chi connectivity index (χ0n) is 11.8. The van der Waals surface area contributed by atoms with Crippen LogP contribution in [0.4, 0.5) is 0 Å². The van der Waals surface area contributed by atoms with Gasteiger partial charge in [-0.3, -0.25) is 5.73 Å². The highest BCUT2D eigenvalue weighted by molar-refractivity contribution is 5.27. The summed E-state index contributed by atoms with van der Waals surface area (Å²) in [6.07, 6.45) is -0.912. The van der Waals surface area contributed by atoms with E-state index >= 15 is 0 Å². The summed E-state index contributed by atoms with van der Waals surface area (Å²) < 4.78 is 5.07. The molecular weight excluding hydrogens is 242 g/mol. The van der Waals surface area contributed by atoms with Gasteiger partial charge in [-0.2, -0.15) is 0 Å². The number of hydrogen-bond donors (Lipinski definition) is 2. The standard InChI is InChI=1S/C15H24NO3/c1-10(2)8-14(17)15(18)13(16)9-11-4-6-12(19-3)7-5-11/h4-7,10,13-18H,8-9H2,1-3H3/t13-,14-,15+/m0/s1. The van der Waals surface area contributed by atoms with E-state index in [0.29, 0.717) is 18.8 Å². The number of ether oxygens (including phenoxy) is 1. The summed E-state index contributed by atoms with van der Waals surface area (Å²) in [5, 5.41) is 19.8. The van der Waals surface area contributed by atoms with Crippen LogP contribution in [0.2, 0.25) is 0 Å². The number of aliphatic hydroxyl groups excluding tert-OH is 2. The topological polar surface area (TPSA) is 73.5 Å². The minimum atomic E-state index is -1.01. The molecule has 3 N–H and O–H groups in total. The Morgan fingerprint density at radius 3 is 2.21 bits per heavy atom. The lowest BCUT2D eigenvalue weighted by Gasteiger charge is -2.24. The minimum absolute atomic E-state index is 0.304. The summed E-state index contributed by atoms with van der Waals surface area (Å²) in [4.78, 5) is 0. The van der Waals surface area contributed by atoms with Crippen LogP contribution in [0.15, 0.2) is 24.3 Å². The van der Waals surface area contributed by atoms with Crippen molar-refractivity contribution in [3.05, 3.63) is 29.8 Å². The predicted octanol–water partition coefficient (Wildman–Crippen LogP) is 1.66. The van der Waals surface area contributed by atoms with Crippen molar-refractivity contribution in [3.8, 4) is 5.75 Å². The number of benzene rings is 1. The van der Waals surface area contributed by atoms with Crippen molar-refractivity contribution in [2.75, 3.05) is 7.11 Å². The molecule has 0 saturated heterocycles. The lowest BCUT2D eigenvalue weighted by Crippen LogP contribution is -2.40. The van der Waals surface area contributed by atoms with Gasteiger partial charge in [-0.15, -0.1) is 0 Å². The molecule has 19 heavy (non-hydrogen) atoms. The van der Waals surface area contributed by atoms with Gasteiger partial charge in [-0.05, 0) is 36.5 Å². The first kappa shape index (κ1) is 16.0. The van der Waals surface area contributed by atoms with Gasteiger partial charge < -0.3 is 14.9 Å². The van der Waals surface area contributed by atoms with Gasteiger partial charge in [0.1, 0.15) is 5.75 Å². The Morgan fingerprint density at radius 2 is 1.74 bits per heavy atom. The molecule has 0 bridgehead atoms. The van der Waals surface area contributed by atoms with Crippen molar-refractivity contribution in [1.29, 1.82) is 0 Å². The van der Waals surface area contributed by atoms with E-state index in [9.17, 15) is 10.2 Å². The second kappa shape index (κ2) is 7.48. The van der Waals surface area contributed by atoms with Crippen LogP contribution in [0.1, 0.15) is 25.8 Å². The van der Waals surface area contributed by atoms with Crippen LogP contribution in [0.25, 0.3) is 0 Å². The molecule has 3 atom stereocenters. The highest BCUT2D eigenvalue weighted by Gasteiger charge is 2.24. The highest BCUT2D eigenvalue weighted by atomic mass is 16.5. The molecule has 4 nitrogen and oxygen atoms in total. The molecule has 0 aromatic heterocycles. The molecule has 4 heteroatoms. The van der Waals surface area contributed by atoms with E-state index in [2.05, 4.69) is 0 Å². The van der Waals surface area contributed by atoms with E-state index in [1.54, 1.807) is 7.11 Å². The first-order valence-electron chi connectivity index (χ1n) is 6.64. The molecule has 0 aliphatic heterocycles. The van der Waals surface area contributed by atoms with E-state index in [0.717, 1.165) is 11.3 Å². The average molecular weight is 266 g/mol. The van der Waals surface area contributed by atoms with E-state index < -0.39 is 18.2 Å². The van der Waals surface area contributed by atoms with E-state index in [1.807, 2.05) is 38.1 Å². The van der Waals surface area contributed by atoms with Crippen LogP contribution < -0.4 is 10.5 Å². The highest BCUT2D eigenvalue weighted by Crippen LogP contribution is 2.16. The summed E-state index contributed by atoms with van der Waals surface area (Å²) in [5.74, 6) is 1.07. The molecule has 1 aromatic carbocycles. The fraction of sp³-hybridized carbons (Fsp3) is 0.600. The van der Waals surface area contributed by atoms with Crippen LogP contribution in [0, 0.1) is 5.92 Å². The Balaban J connectivity index is 2.54. The van der Waals surface area contributed by atoms with Crippen molar-refractivity contribution >= 4 is 0 Å². The van der Waals surface area contributed by atoms with Gasteiger partial charge in [-0.1, -0.05) is 26.0 Å². The SMILES string of the molecule is COc1ccc(C[C@H]([NH])[C@@H](O)[C@@H](O)CC(C)C)cc1. The lowest BCUT2D eigenvalue weighted by atomic mass is 9.94. The minimum Gasteiger partial charge on any atom is -0.497 e. The molecule has 1 radical (unpaired) electrons. The maximum absolute atomic E-state index is 9.93. The third-order valence-electron chi connectivity index (χ3n) is 3.13. The first-order valence-corrected chi connectivity index (χ1v) is 6.64. The monoisotopic (exact) mass is 266 g/mol. The maximum Gasteiger partial charge on any atom is 0.118 e. The molecule has 0 aliphatic carbocycles. The Labute approximate surface area is 115 Å². The Kier molecular flexibility index (Phi) is 6.28. The molecular formula is C15H24NO3.